The van der Waals surface area contributed by atoms with Crippen molar-refractivity contribution in [1.29, 1.82) is 0 Å². The molecule has 0 unspecified atom stereocenters. The molecule has 0 saturated heterocycles. The second-order valence-electron chi connectivity index (χ2n) is 12.1. The Morgan fingerprint density at radius 3 is 2.40 bits per heavy atom. The van der Waals surface area contributed by atoms with E-state index in [2.05, 4.69) is 67.6 Å². The molecule has 1 aliphatic carbocycles. The summed E-state index contributed by atoms with van der Waals surface area (Å²) < 4.78 is 1.52. The standard InChI is InChI=1S/C36H37N7O2/c1-21-33(22(2)42-41-21)24-8-11-29(12-9-24)39-36(45)34(40-35(44)32-15-17-38-43(32)3)30-13-10-23-4-5-26(19-31(23)30)25-6-7-28-20-37-16-14-27(28)18-25/h4-9,11-12,15,17-19,30,34,37H,10,13-14,16,20H2,1-3H3,(H,39,45)(H,40,44)(H,41,42)/t30-,34+/m1/s1. The summed E-state index contributed by atoms with van der Waals surface area (Å²) >= 11 is 0. The second-order valence-corrected chi connectivity index (χ2v) is 12.1. The number of rotatable bonds is 7. The Morgan fingerprint density at radius 1 is 0.911 bits per heavy atom. The van der Waals surface area contributed by atoms with Crippen LogP contribution in [-0.2, 0) is 31.2 Å². The molecule has 2 atom stereocenters. The predicted octanol–water partition coefficient (Wildman–Crippen LogP) is 5.21. The van der Waals surface area contributed by atoms with Crippen LogP contribution in [0, 0.1) is 13.8 Å². The van der Waals surface area contributed by atoms with Gasteiger partial charge in [0.25, 0.3) is 5.91 Å². The molecule has 0 spiro atoms. The lowest BCUT2D eigenvalue weighted by atomic mass is 9.89. The Hall–Kier alpha value is -5.02. The summed E-state index contributed by atoms with van der Waals surface area (Å²) in [6.45, 7) is 5.86. The molecule has 9 nitrogen and oxygen atoms in total. The van der Waals surface area contributed by atoms with Gasteiger partial charge in [-0.3, -0.25) is 19.4 Å². The molecule has 0 radical (unpaired) electrons. The molecule has 1 aliphatic heterocycles. The van der Waals surface area contributed by atoms with Crippen LogP contribution in [0.2, 0.25) is 0 Å². The number of aromatic amines is 1. The molecule has 3 heterocycles. The van der Waals surface area contributed by atoms with Gasteiger partial charge < -0.3 is 16.0 Å². The Kier molecular flexibility index (Phi) is 7.55. The van der Waals surface area contributed by atoms with Crippen molar-refractivity contribution in [3.8, 4) is 22.3 Å². The molecule has 7 rings (SSSR count). The lowest BCUT2D eigenvalue weighted by Crippen LogP contribution is -2.47. The zero-order valence-corrected chi connectivity index (χ0v) is 25.8. The maximum absolute atomic E-state index is 14.1. The summed E-state index contributed by atoms with van der Waals surface area (Å²) in [7, 11) is 1.72. The molecule has 0 saturated carbocycles. The first-order valence-corrected chi connectivity index (χ1v) is 15.5. The Morgan fingerprint density at radius 2 is 1.67 bits per heavy atom. The molecule has 0 fully saturated rings. The number of H-pyrrole nitrogens is 1. The molecule has 9 heteroatoms. The first-order valence-electron chi connectivity index (χ1n) is 15.5. The lowest BCUT2D eigenvalue weighted by molar-refractivity contribution is -0.118. The summed E-state index contributed by atoms with van der Waals surface area (Å²) in [6, 6.07) is 21.9. The highest BCUT2D eigenvalue weighted by atomic mass is 16.2. The molecule has 45 heavy (non-hydrogen) atoms. The van der Waals surface area contributed by atoms with Gasteiger partial charge >= 0.3 is 0 Å². The minimum absolute atomic E-state index is 0.186. The molecule has 5 aromatic rings. The fraction of sp³-hybridized carbons (Fsp3) is 0.278. The van der Waals surface area contributed by atoms with E-state index in [-0.39, 0.29) is 17.7 Å². The maximum Gasteiger partial charge on any atom is 0.270 e. The topological polar surface area (TPSA) is 117 Å². The number of nitrogens with zero attached hydrogens (tertiary/aromatic N) is 3. The molecular weight excluding hydrogens is 562 g/mol. The highest BCUT2D eigenvalue weighted by Gasteiger charge is 2.36. The quantitative estimate of drug-likeness (QED) is 0.205. The average molecular weight is 600 g/mol. The third-order valence-corrected chi connectivity index (χ3v) is 9.29. The maximum atomic E-state index is 14.1. The van der Waals surface area contributed by atoms with E-state index in [1.807, 2.05) is 38.1 Å². The van der Waals surface area contributed by atoms with Crippen LogP contribution in [0.15, 0.2) is 72.9 Å². The van der Waals surface area contributed by atoms with Gasteiger partial charge in [0.2, 0.25) is 5.91 Å². The third kappa shape index (κ3) is 5.55. The van der Waals surface area contributed by atoms with Gasteiger partial charge in [0, 0.05) is 42.7 Å². The van der Waals surface area contributed by atoms with Gasteiger partial charge in [0.1, 0.15) is 11.7 Å². The van der Waals surface area contributed by atoms with Crippen LogP contribution in [0.4, 0.5) is 5.69 Å². The van der Waals surface area contributed by atoms with Crippen molar-refractivity contribution in [2.75, 3.05) is 11.9 Å². The molecule has 3 aromatic carbocycles. The Bertz CT molecular complexity index is 1880. The van der Waals surface area contributed by atoms with Gasteiger partial charge in [0.05, 0.1) is 5.69 Å². The number of benzene rings is 3. The number of hydrogen-bond donors (Lipinski definition) is 4. The highest BCUT2D eigenvalue weighted by molar-refractivity contribution is 6.01. The van der Waals surface area contributed by atoms with Gasteiger partial charge in [-0.15, -0.1) is 0 Å². The molecule has 4 N–H and O–H groups in total. The zero-order valence-electron chi connectivity index (χ0n) is 25.8. The van der Waals surface area contributed by atoms with Crippen LogP contribution in [0.3, 0.4) is 0 Å². The molecule has 2 amide bonds. The molecule has 2 aromatic heterocycles. The Balaban J connectivity index is 1.19. The number of carbonyl (C=O) groups is 2. The van der Waals surface area contributed by atoms with Gasteiger partial charge in [-0.05, 0) is 96.8 Å². The van der Waals surface area contributed by atoms with Crippen molar-refractivity contribution >= 4 is 17.5 Å². The fourth-order valence-electron chi connectivity index (χ4n) is 6.89. The van der Waals surface area contributed by atoms with E-state index >= 15 is 0 Å². The number of aryl methyl sites for hydroxylation is 4. The van der Waals surface area contributed by atoms with Crippen molar-refractivity contribution in [1.82, 2.24) is 30.6 Å². The summed E-state index contributed by atoms with van der Waals surface area (Å²) in [5.74, 6) is -0.766. The monoisotopic (exact) mass is 599 g/mol. The van der Waals surface area contributed by atoms with E-state index in [1.165, 1.54) is 26.9 Å². The Labute approximate surface area is 262 Å². The van der Waals surface area contributed by atoms with Crippen LogP contribution in [0.25, 0.3) is 22.3 Å². The van der Waals surface area contributed by atoms with Gasteiger partial charge in [-0.1, -0.05) is 48.5 Å². The number of carbonyl (C=O) groups excluding carboxylic acids is 2. The van der Waals surface area contributed by atoms with Crippen molar-refractivity contribution in [3.05, 3.63) is 112 Å². The van der Waals surface area contributed by atoms with E-state index in [4.69, 9.17) is 0 Å². The van der Waals surface area contributed by atoms with Crippen LogP contribution >= 0.6 is 0 Å². The molecule has 228 valence electrons. The van der Waals surface area contributed by atoms with E-state index in [9.17, 15) is 9.59 Å². The van der Waals surface area contributed by atoms with Crippen LogP contribution < -0.4 is 16.0 Å². The largest absolute Gasteiger partial charge is 0.338 e. The van der Waals surface area contributed by atoms with Gasteiger partial charge in [-0.2, -0.15) is 10.2 Å². The SMILES string of the molecule is Cc1n[nH]c(C)c1-c1ccc(NC(=O)[C@@H](NC(=O)c2ccnn2C)[C@@H]2CCc3ccc(-c4ccc5c(c4)CCNC5)cc32)cc1. The summed E-state index contributed by atoms with van der Waals surface area (Å²) in [5, 5.41) is 21.1. The number of amides is 2. The second kappa shape index (κ2) is 11.8. The normalized spacial score (nSPS) is 16.1. The van der Waals surface area contributed by atoms with Crippen molar-refractivity contribution in [2.45, 2.75) is 51.6 Å². The van der Waals surface area contributed by atoms with Crippen molar-refractivity contribution < 1.29 is 9.59 Å². The minimum atomic E-state index is -0.781. The first kappa shape index (κ1) is 28.7. The average Bonchev–Trinajstić information content (AvgIpc) is 3.77. The van der Waals surface area contributed by atoms with E-state index in [0.29, 0.717) is 11.4 Å². The van der Waals surface area contributed by atoms with E-state index in [0.717, 1.165) is 66.0 Å². The number of nitrogens with one attached hydrogen (secondary N) is 4. The van der Waals surface area contributed by atoms with Crippen molar-refractivity contribution in [3.63, 3.8) is 0 Å². The summed E-state index contributed by atoms with van der Waals surface area (Å²) in [6.07, 6.45) is 4.21. The number of aromatic nitrogens is 4. The highest BCUT2D eigenvalue weighted by Crippen LogP contribution is 2.39. The molecule has 2 aliphatic rings. The summed E-state index contributed by atoms with van der Waals surface area (Å²) in [4.78, 5) is 27.5. The van der Waals surface area contributed by atoms with Crippen molar-refractivity contribution in [2.24, 2.45) is 7.05 Å². The number of anilines is 1. The van der Waals surface area contributed by atoms with E-state index < -0.39 is 6.04 Å². The first-order chi connectivity index (χ1) is 21.9. The number of hydrogen-bond acceptors (Lipinski definition) is 5. The lowest BCUT2D eigenvalue weighted by Gasteiger charge is -2.25. The van der Waals surface area contributed by atoms with E-state index in [1.54, 1.807) is 19.3 Å². The minimum Gasteiger partial charge on any atom is -0.338 e. The predicted molar refractivity (Wildman–Crippen MR) is 175 cm³/mol. The third-order valence-electron chi connectivity index (χ3n) is 9.29. The van der Waals surface area contributed by atoms with Gasteiger partial charge in [0.15, 0.2) is 0 Å². The van der Waals surface area contributed by atoms with Crippen LogP contribution in [0.1, 0.15) is 56.5 Å². The van der Waals surface area contributed by atoms with Crippen LogP contribution in [-0.4, -0.2) is 44.4 Å². The zero-order chi connectivity index (χ0) is 31.1. The number of fused-ring (bicyclic) bond motifs is 2. The molecular formula is C36H37N7O2. The summed E-state index contributed by atoms with van der Waals surface area (Å²) in [5.41, 5.74) is 12.4. The van der Waals surface area contributed by atoms with Gasteiger partial charge in [-0.25, -0.2) is 0 Å². The fourth-order valence-corrected chi connectivity index (χ4v) is 6.89. The smallest absolute Gasteiger partial charge is 0.270 e. The molecule has 0 bridgehead atoms. The van der Waals surface area contributed by atoms with Crippen LogP contribution in [0.5, 0.6) is 0 Å².